The van der Waals surface area contributed by atoms with Crippen molar-refractivity contribution in [2.45, 2.75) is 32.9 Å². The molecule has 1 aromatic carbocycles. The van der Waals surface area contributed by atoms with Crippen LogP contribution in [-0.2, 0) is 4.79 Å². The molecule has 0 saturated carbocycles. The van der Waals surface area contributed by atoms with E-state index in [9.17, 15) is 9.90 Å². The molecule has 0 aromatic heterocycles. The molecule has 2 N–H and O–H groups in total. The summed E-state index contributed by atoms with van der Waals surface area (Å²) in [5, 5.41) is 12.6. The lowest BCUT2D eigenvalue weighted by Gasteiger charge is -2.36. The van der Waals surface area contributed by atoms with E-state index in [4.69, 9.17) is 0 Å². The molecule has 1 unspecified atom stereocenters. The lowest BCUT2D eigenvalue weighted by molar-refractivity contribution is -0.119. The Hall–Kier alpha value is -1.71. The number of carbonyl (C=O) groups excluding carboxylic acids is 1. The summed E-state index contributed by atoms with van der Waals surface area (Å²) in [6.07, 6.45) is 0. The van der Waals surface area contributed by atoms with Crippen molar-refractivity contribution in [2.24, 2.45) is 0 Å². The SMILES string of the molecule is CC1Nc2ccc(O)cc2N(C(C)C)C1=O. The zero-order chi connectivity index (χ0) is 11.9. The molecular formula is C12H16N2O2. The Kier molecular flexibility index (Phi) is 2.50. The van der Waals surface area contributed by atoms with Crippen LogP contribution in [-0.4, -0.2) is 23.1 Å². The van der Waals surface area contributed by atoms with Gasteiger partial charge >= 0.3 is 0 Å². The predicted octanol–water partition coefficient (Wildman–Crippen LogP) is 1.95. The van der Waals surface area contributed by atoms with E-state index in [1.54, 1.807) is 23.1 Å². The first kappa shape index (κ1) is 10.8. The highest BCUT2D eigenvalue weighted by Gasteiger charge is 2.31. The maximum Gasteiger partial charge on any atom is 0.249 e. The summed E-state index contributed by atoms with van der Waals surface area (Å²) in [5.74, 6) is 0.210. The van der Waals surface area contributed by atoms with E-state index in [2.05, 4.69) is 5.32 Å². The number of benzene rings is 1. The zero-order valence-corrected chi connectivity index (χ0v) is 9.69. The maximum atomic E-state index is 12.0. The number of aromatic hydroxyl groups is 1. The molecule has 2 rings (SSSR count). The van der Waals surface area contributed by atoms with Gasteiger partial charge in [-0.05, 0) is 32.9 Å². The predicted molar refractivity (Wildman–Crippen MR) is 63.8 cm³/mol. The Morgan fingerprint density at radius 1 is 1.44 bits per heavy atom. The van der Waals surface area contributed by atoms with Gasteiger partial charge in [0.15, 0.2) is 0 Å². The van der Waals surface area contributed by atoms with Gasteiger partial charge in [-0.1, -0.05) is 0 Å². The maximum absolute atomic E-state index is 12.0. The number of phenols is 1. The number of carbonyl (C=O) groups is 1. The van der Waals surface area contributed by atoms with Crippen molar-refractivity contribution in [3.63, 3.8) is 0 Å². The smallest absolute Gasteiger partial charge is 0.249 e. The lowest BCUT2D eigenvalue weighted by atomic mass is 10.1. The van der Waals surface area contributed by atoms with Gasteiger partial charge in [-0.3, -0.25) is 4.79 Å². The van der Waals surface area contributed by atoms with E-state index in [1.165, 1.54) is 0 Å². The number of hydrogen-bond donors (Lipinski definition) is 2. The van der Waals surface area contributed by atoms with Crippen LogP contribution in [0.3, 0.4) is 0 Å². The Balaban J connectivity index is 2.53. The molecule has 1 heterocycles. The quantitative estimate of drug-likeness (QED) is 0.711. The van der Waals surface area contributed by atoms with Crippen molar-refractivity contribution in [3.05, 3.63) is 18.2 Å². The molecule has 1 amide bonds. The number of rotatable bonds is 1. The molecular weight excluding hydrogens is 204 g/mol. The molecule has 4 heteroatoms. The van der Waals surface area contributed by atoms with Crippen molar-refractivity contribution in [2.75, 3.05) is 10.2 Å². The van der Waals surface area contributed by atoms with Crippen molar-refractivity contribution >= 4 is 17.3 Å². The standard InChI is InChI=1S/C12H16N2O2/c1-7(2)14-11-6-9(15)4-5-10(11)13-8(3)12(14)16/h4-8,13,15H,1-3H3. The molecule has 0 saturated heterocycles. The number of nitrogens with one attached hydrogen (secondary N) is 1. The van der Waals surface area contributed by atoms with Crippen LogP contribution >= 0.6 is 0 Å². The van der Waals surface area contributed by atoms with Crippen molar-refractivity contribution in [1.82, 2.24) is 0 Å². The minimum atomic E-state index is -0.223. The van der Waals surface area contributed by atoms with Crippen molar-refractivity contribution in [1.29, 1.82) is 0 Å². The Bertz CT molecular complexity index is 429. The summed E-state index contributed by atoms with van der Waals surface area (Å²) in [6, 6.07) is 4.89. The third-order valence-corrected chi connectivity index (χ3v) is 2.74. The average Bonchev–Trinajstić information content (AvgIpc) is 2.20. The Labute approximate surface area is 94.9 Å². The summed E-state index contributed by atoms with van der Waals surface area (Å²) in [5.41, 5.74) is 1.64. The molecule has 4 nitrogen and oxygen atoms in total. The fraction of sp³-hybridized carbons (Fsp3) is 0.417. The van der Waals surface area contributed by atoms with E-state index in [0.29, 0.717) is 0 Å². The molecule has 1 aliphatic rings. The van der Waals surface area contributed by atoms with Gasteiger partial charge in [0.25, 0.3) is 0 Å². The van der Waals surface area contributed by atoms with Crippen molar-refractivity contribution in [3.8, 4) is 5.75 Å². The van der Waals surface area contributed by atoms with E-state index in [-0.39, 0.29) is 23.7 Å². The van der Waals surface area contributed by atoms with E-state index in [1.807, 2.05) is 20.8 Å². The summed E-state index contributed by atoms with van der Waals surface area (Å²) in [6.45, 7) is 5.76. The minimum absolute atomic E-state index is 0.0353. The highest BCUT2D eigenvalue weighted by atomic mass is 16.3. The molecule has 0 aliphatic carbocycles. The second kappa shape index (κ2) is 3.70. The second-order valence-electron chi connectivity index (χ2n) is 4.37. The Morgan fingerprint density at radius 2 is 2.12 bits per heavy atom. The largest absolute Gasteiger partial charge is 0.508 e. The summed E-state index contributed by atoms with van der Waals surface area (Å²) < 4.78 is 0. The van der Waals surface area contributed by atoms with Crippen LogP contribution < -0.4 is 10.2 Å². The normalized spacial score (nSPS) is 19.6. The van der Waals surface area contributed by atoms with E-state index >= 15 is 0 Å². The summed E-state index contributed by atoms with van der Waals surface area (Å²) >= 11 is 0. The van der Waals surface area contributed by atoms with E-state index in [0.717, 1.165) is 11.4 Å². The molecule has 1 aromatic rings. The van der Waals surface area contributed by atoms with Crippen LogP contribution in [0.5, 0.6) is 5.75 Å². The van der Waals surface area contributed by atoms with Crippen LogP contribution in [0.1, 0.15) is 20.8 Å². The number of nitrogens with zero attached hydrogens (tertiary/aromatic N) is 1. The van der Waals surface area contributed by atoms with Gasteiger partial charge in [-0.2, -0.15) is 0 Å². The molecule has 0 spiro atoms. The number of anilines is 2. The number of hydrogen-bond acceptors (Lipinski definition) is 3. The number of phenolic OH excluding ortho intramolecular Hbond substituents is 1. The average molecular weight is 220 g/mol. The molecule has 1 aliphatic heterocycles. The number of fused-ring (bicyclic) bond motifs is 1. The molecule has 86 valence electrons. The molecule has 0 bridgehead atoms. The van der Waals surface area contributed by atoms with Gasteiger partial charge < -0.3 is 15.3 Å². The summed E-state index contributed by atoms with van der Waals surface area (Å²) in [7, 11) is 0. The Morgan fingerprint density at radius 3 is 2.75 bits per heavy atom. The van der Waals surface area contributed by atoms with Crippen molar-refractivity contribution < 1.29 is 9.90 Å². The second-order valence-corrected chi connectivity index (χ2v) is 4.37. The van der Waals surface area contributed by atoms with Gasteiger partial charge in [0, 0.05) is 12.1 Å². The zero-order valence-electron chi connectivity index (χ0n) is 9.69. The van der Waals surface area contributed by atoms with Crippen LogP contribution in [0, 0.1) is 0 Å². The lowest BCUT2D eigenvalue weighted by Crippen LogP contribution is -2.48. The van der Waals surface area contributed by atoms with Gasteiger partial charge in [-0.15, -0.1) is 0 Å². The topological polar surface area (TPSA) is 52.6 Å². The molecule has 0 fully saturated rings. The fourth-order valence-electron chi connectivity index (χ4n) is 2.00. The van der Waals surface area contributed by atoms with Gasteiger partial charge in [0.2, 0.25) is 5.91 Å². The van der Waals surface area contributed by atoms with Gasteiger partial charge in [-0.25, -0.2) is 0 Å². The first-order valence-electron chi connectivity index (χ1n) is 5.43. The van der Waals surface area contributed by atoms with Crippen LogP contribution in [0.25, 0.3) is 0 Å². The first-order chi connectivity index (χ1) is 7.50. The van der Waals surface area contributed by atoms with Crippen LogP contribution in [0.2, 0.25) is 0 Å². The third-order valence-electron chi connectivity index (χ3n) is 2.74. The molecule has 1 atom stereocenters. The fourth-order valence-corrected chi connectivity index (χ4v) is 2.00. The number of amides is 1. The summed E-state index contributed by atoms with van der Waals surface area (Å²) in [4.78, 5) is 13.7. The minimum Gasteiger partial charge on any atom is -0.508 e. The van der Waals surface area contributed by atoms with Crippen LogP contribution in [0.15, 0.2) is 18.2 Å². The van der Waals surface area contributed by atoms with Gasteiger partial charge in [0.1, 0.15) is 11.8 Å². The molecule has 0 radical (unpaired) electrons. The highest BCUT2D eigenvalue weighted by Crippen LogP contribution is 2.35. The highest BCUT2D eigenvalue weighted by molar-refractivity contribution is 6.05. The van der Waals surface area contributed by atoms with Crippen LogP contribution in [0.4, 0.5) is 11.4 Å². The monoisotopic (exact) mass is 220 g/mol. The van der Waals surface area contributed by atoms with E-state index < -0.39 is 0 Å². The molecule has 16 heavy (non-hydrogen) atoms. The third kappa shape index (κ3) is 1.60. The first-order valence-corrected chi connectivity index (χ1v) is 5.43. The van der Waals surface area contributed by atoms with Gasteiger partial charge in [0.05, 0.1) is 11.4 Å².